The van der Waals surface area contributed by atoms with Crippen molar-refractivity contribution >= 4 is 0 Å². The minimum atomic E-state index is 0.466. The van der Waals surface area contributed by atoms with E-state index in [0.29, 0.717) is 16.9 Å². The summed E-state index contributed by atoms with van der Waals surface area (Å²) < 4.78 is 2.15. The lowest BCUT2D eigenvalue weighted by Crippen LogP contribution is -2.44. The van der Waals surface area contributed by atoms with Crippen LogP contribution in [0.25, 0.3) is 0 Å². The van der Waals surface area contributed by atoms with Crippen LogP contribution in [0, 0.1) is 16.7 Å². The van der Waals surface area contributed by atoms with Gasteiger partial charge in [0.1, 0.15) is 0 Å². The maximum atomic E-state index is 4.42. The molecule has 0 radical (unpaired) electrons. The van der Waals surface area contributed by atoms with E-state index < -0.39 is 0 Å². The first-order chi connectivity index (χ1) is 9.49. The maximum Gasteiger partial charge on any atom is 0.0522 e. The zero-order valence-electron chi connectivity index (χ0n) is 13.4. The Morgan fingerprint density at radius 2 is 2.20 bits per heavy atom. The van der Waals surface area contributed by atoms with Crippen LogP contribution in [0.5, 0.6) is 0 Å². The van der Waals surface area contributed by atoms with Crippen LogP contribution in [0.15, 0.2) is 12.3 Å². The van der Waals surface area contributed by atoms with Crippen LogP contribution in [-0.4, -0.2) is 15.8 Å². The molecule has 2 aliphatic carbocycles. The Hall–Kier alpha value is -0.830. The third kappa shape index (κ3) is 1.93. The summed E-state index contributed by atoms with van der Waals surface area (Å²) in [7, 11) is 0. The molecule has 3 nitrogen and oxygen atoms in total. The molecule has 1 heterocycles. The molecule has 2 bridgehead atoms. The lowest BCUT2D eigenvalue weighted by molar-refractivity contribution is 0.120. The number of nitrogens with zero attached hydrogens (tertiary/aromatic N) is 2. The van der Waals surface area contributed by atoms with Crippen LogP contribution >= 0.6 is 0 Å². The molecule has 0 saturated heterocycles. The quantitative estimate of drug-likeness (QED) is 0.890. The predicted octanol–water partition coefficient (Wildman–Crippen LogP) is 3.60. The van der Waals surface area contributed by atoms with Crippen LogP contribution in [0.3, 0.4) is 0 Å². The highest BCUT2D eigenvalue weighted by Crippen LogP contribution is 2.65. The molecular weight excluding hydrogens is 246 g/mol. The number of hydrogen-bond acceptors (Lipinski definition) is 2. The number of aromatic nitrogens is 2. The number of aryl methyl sites for hydroxylation is 1. The maximum absolute atomic E-state index is 4.42. The molecule has 2 aliphatic rings. The lowest BCUT2D eigenvalue weighted by atomic mass is 9.69. The van der Waals surface area contributed by atoms with E-state index in [1.54, 1.807) is 0 Å². The summed E-state index contributed by atoms with van der Waals surface area (Å²) in [6, 6.07) is 2.82. The molecular formula is C17H29N3. The Morgan fingerprint density at radius 3 is 2.80 bits per heavy atom. The van der Waals surface area contributed by atoms with Gasteiger partial charge in [0.05, 0.1) is 5.69 Å². The largest absolute Gasteiger partial charge is 0.308 e. The Morgan fingerprint density at radius 1 is 1.40 bits per heavy atom. The lowest BCUT2D eigenvalue weighted by Gasteiger charge is -2.39. The van der Waals surface area contributed by atoms with Crippen molar-refractivity contribution in [2.45, 2.75) is 72.5 Å². The van der Waals surface area contributed by atoms with Gasteiger partial charge in [-0.2, -0.15) is 5.10 Å². The molecule has 3 heteroatoms. The van der Waals surface area contributed by atoms with E-state index >= 15 is 0 Å². The van der Waals surface area contributed by atoms with Crippen molar-refractivity contribution in [2.24, 2.45) is 16.7 Å². The van der Waals surface area contributed by atoms with Gasteiger partial charge in [0.2, 0.25) is 0 Å². The number of fused-ring (bicyclic) bond motifs is 2. The predicted molar refractivity (Wildman–Crippen MR) is 82.4 cm³/mol. The average molecular weight is 275 g/mol. The highest BCUT2D eigenvalue weighted by Gasteiger charge is 2.60. The van der Waals surface area contributed by atoms with Crippen LogP contribution in [0.4, 0.5) is 0 Å². The Bertz CT molecular complexity index is 476. The van der Waals surface area contributed by atoms with Crippen LogP contribution in [-0.2, 0) is 13.1 Å². The molecule has 3 atom stereocenters. The summed E-state index contributed by atoms with van der Waals surface area (Å²) in [6.45, 7) is 11.7. The zero-order valence-corrected chi connectivity index (χ0v) is 13.4. The molecule has 2 fully saturated rings. The molecule has 0 amide bonds. The minimum absolute atomic E-state index is 0.466. The van der Waals surface area contributed by atoms with E-state index in [1.807, 2.05) is 6.20 Å². The highest BCUT2D eigenvalue weighted by molar-refractivity contribution is 5.13. The highest BCUT2D eigenvalue weighted by atomic mass is 15.3. The van der Waals surface area contributed by atoms with E-state index in [1.165, 1.54) is 25.0 Å². The molecule has 20 heavy (non-hydrogen) atoms. The first kappa shape index (κ1) is 14.1. The minimum Gasteiger partial charge on any atom is -0.308 e. The molecule has 112 valence electrons. The van der Waals surface area contributed by atoms with Gasteiger partial charge in [0.15, 0.2) is 0 Å². The first-order valence-corrected chi connectivity index (χ1v) is 8.23. The second-order valence-corrected chi connectivity index (χ2v) is 7.59. The van der Waals surface area contributed by atoms with Gasteiger partial charge in [0, 0.05) is 25.3 Å². The van der Waals surface area contributed by atoms with Crippen molar-refractivity contribution in [3.63, 3.8) is 0 Å². The molecule has 3 rings (SSSR count). The number of rotatable bonds is 5. The topological polar surface area (TPSA) is 29.9 Å². The molecule has 1 aromatic heterocycles. The molecule has 0 aromatic carbocycles. The van der Waals surface area contributed by atoms with Crippen LogP contribution in [0.1, 0.15) is 59.1 Å². The van der Waals surface area contributed by atoms with Gasteiger partial charge in [0.25, 0.3) is 0 Å². The van der Waals surface area contributed by atoms with Crippen molar-refractivity contribution in [2.75, 3.05) is 0 Å². The van der Waals surface area contributed by atoms with E-state index in [9.17, 15) is 0 Å². The van der Waals surface area contributed by atoms with Gasteiger partial charge in [-0.15, -0.1) is 0 Å². The second kappa shape index (κ2) is 4.87. The molecule has 0 aliphatic heterocycles. The van der Waals surface area contributed by atoms with E-state index in [2.05, 4.69) is 48.9 Å². The summed E-state index contributed by atoms with van der Waals surface area (Å²) in [5, 5.41) is 8.27. The van der Waals surface area contributed by atoms with E-state index in [-0.39, 0.29) is 0 Å². The summed E-state index contributed by atoms with van der Waals surface area (Å²) in [5.41, 5.74) is 2.29. The summed E-state index contributed by atoms with van der Waals surface area (Å²) in [5.74, 6) is 0.908. The SMILES string of the molecule is CCCn1nccc1CNC1CC2CCC1(C)C2(C)C. The average Bonchev–Trinajstić information content (AvgIpc) is 2.98. The molecule has 3 unspecified atom stereocenters. The molecule has 1 N–H and O–H groups in total. The third-order valence-electron chi connectivity index (χ3n) is 6.56. The van der Waals surface area contributed by atoms with Crippen molar-refractivity contribution in [3.8, 4) is 0 Å². The van der Waals surface area contributed by atoms with E-state index in [4.69, 9.17) is 0 Å². The van der Waals surface area contributed by atoms with Crippen molar-refractivity contribution in [3.05, 3.63) is 18.0 Å². The Balaban J connectivity index is 1.67. The number of nitrogens with one attached hydrogen (secondary N) is 1. The first-order valence-electron chi connectivity index (χ1n) is 8.23. The summed E-state index contributed by atoms with van der Waals surface area (Å²) >= 11 is 0. The van der Waals surface area contributed by atoms with Crippen molar-refractivity contribution in [1.29, 1.82) is 0 Å². The smallest absolute Gasteiger partial charge is 0.0522 e. The molecule has 0 spiro atoms. The van der Waals surface area contributed by atoms with Crippen molar-refractivity contribution < 1.29 is 0 Å². The van der Waals surface area contributed by atoms with Gasteiger partial charge in [-0.25, -0.2) is 0 Å². The third-order valence-corrected chi connectivity index (χ3v) is 6.56. The zero-order chi connectivity index (χ0) is 14.4. The fourth-order valence-electron chi connectivity index (χ4n) is 4.66. The van der Waals surface area contributed by atoms with Gasteiger partial charge in [-0.05, 0) is 48.5 Å². The Kier molecular flexibility index (Phi) is 3.44. The monoisotopic (exact) mass is 275 g/mol. The fourth-order valence-corrected chi connectivity index (χ4v) is 4.66. The summed E-state index contributed by atoms with van der Waals surface area (Å²) in [4.78, 5) is 0. The van der Waals surface area contributed by atoms with Crippen LogP contribution in [0.2, 0.25) is 0 Å². The molecule has 2 saturated carbocycles. The second-order valence-electron chi connectivity index (χ2n) is 7.59. The number of hydrogen-bond donors (Lipinski definition) is 1. The van der Waals surface area contributed by atoms with Crippen molar-refractivity contribution in [1.82, 2.24) is 15.1 Å². The normalized spacial score (nSPS) is 34.8. The fraction of sp³-hybridized carbons (Fsp3) is 0.824. The summed E-state index contributed by atoms with van der Waals surface area (Å²) in [6.07, 6.45) is 7.24. The molecule has 1 aromatic rings. The van der Waals surface area contributed by atoms with Gasteiger partial charge < -0.3 is 5.32 Å². The van der Waals surface area contributed by atoms with Gasteiger partial charge in [-0.3, -0.25) is 4.68 Å². The van der Waals surface area contributed by atoms with Crippen LogP contribution < -0.4 is 5.32 Å². The van der Waals surface area contributed by atoms with Gasteiger partial charge >= 0.3 is 0 Å². The standard InChI is InChI=1S/C17H29N3/c1-5-10-20-14(7-9-19-20)12-18-15-11-13-6-8-17(15,4)16(13,2)3/h7,9,13,15,18H,5-6,8,10-12H2,1-4H3. The van der Waals surface area contributed by atoms with E-state index in [0.717, 1.165) is 25.4 Å². The Labute approximate surface area is 123 Å². The van der Waals surface area contributed by atoms with Gasteiger partial charge in [-0.1, -0.05) is 27.7 Å².